The molecule has 1 aromatic carbocycles. The first kappa shape index (κ1) is 12.8. The Bertz CT molecular complexity index is 375. The van der Waals surface area contributed by atoms with Crippen LogP contribution in [0.15, 0.2) is 18.2 Å². The van der Waals surface area contributed by atoms with Gasteiger partial charge in [-0.2, -0.15) is 0 Å². The molecule has 4 heteroatoms. The monoisotopic (exact) mass is 240 g/mol. The van der Waals surface area contributed by atoms with E-state index in [0.717, 1.165) is 12.8 Å². The van der Waals surface area contributed by atoms with E-state index in [-0.39, 0.29) is 11.8 Å². The molecular weight excluding hydrogens is 224 g/mol. The lowest BCUT2D eigenvalue weighted by atomic mass is 10.0. The van der Waals surface area contributed by atoms with Crippen molar-refractivity contribution in [3.63, 3.8) is 0 Å². The van der Waals surface area contributed by atoms with Crippen LogP contribution in [0.5, 0.6) is 0 Å². The Morgan fingerprint density at radius 3 is 2.56 bits per heavy atom. The van der Waals surface area contributed by atoms with Crippen LogP contribution in [0.2, 0.25) is 5.02 Å². The topological polar surface area (TPSA) is 55.1 Å². The third kappa shape index (κ3) is 3.14. The number of carbonyl (C=O) groups is 1. The second kappa shape index (κ2) is 5.75. The highest BCUT2D eigenvalue weighted by Crippen LogP contribution is 2.23. The van der Waals surface area contributed by atoms with Gasteiger partial charge >= 0.3 is 0 Å². The summed E-state index contributed by atoms with van der Waals surface area (Å²) in [5.74, 6) is 0.0501. The molecular formula is C12H17ClN2O. The van der Waals surface area contributed by atoms with Crippen molar-refractivity contribution in [3.05, 3.63) is 23.2 Å². The first-order valence-electron chi connectivity index (χ1n) is 5.44. The highest BCUT2D eigenvalue weighted by Gasteiger charge is 2.14. The van der Waals surface area contributed by atoms with Gasteiger partial charge in [0.1, 0.15) is 0 Å². The average Bonchev–Trinajstić information content (AvgIpc) is 2.24. The van der Waals surface area contributed by atoms with E-state index in [2.05, 4.69) is 5.32 Å². The van der Waals surface area contributed by atoms with Crippen molar-refractivity contribution in [3.8, 4) is 0 Å². The number of nitrogens with two attached hydrogens (primary N) is 1. The summed E-state index contributed by atoms with van der Waals surface area (Å²) in [7, 11) is 0. The van der Waals surface area contributed by atoms with Crippen LogP contribution in [-0.2, 0) is 4.79 Å². The summed E-state index contributed by atoms with van der Waals surface area (Å²) in [4.78, 5) is 11.8. The van der Waals surface area contributed by atoms with E-state index in [1.165, 1.54) is 0 Å². The number of nitrogen functional groups attached to an aromatic ring is 1. The zero-order valence-corrected chi connectivity index (χ0v) is 10.3. The van der Waals surface area contributed by atoms with Crippen LogP contribution in [0.3, 0.4) is 0 Å². The molecule has 0 saturated heterocycles. The smallest absolute Gasteiger partial charge is 0.227 e. The summed E-state index contributed by atoms with van der Waals surface area (Å²) in [6.45, 7) is 4.00. The maximum atomic E-state index is 11.8. The lowest BCUT2D eigenvalue weighted by Crippen LogP contribution is -2.22. The van der Waals surface area contributed by atoms with Crippen molar-refractivity contribution in [2.24, 2.45) is 5.92 Å². The van der Waals surface area contributed by atoms with E-state index in [0.29, 0.717) is 16.4 Å². The van der Waals surface area contributed by atoms with Gasteiger partial charge in [-0.15, -0.1) is 0 Å². The SMILES string of the molecule is CCC(CC)C(=O)Nc1ccc(Cl)cc1N. The highest BCUT2D eigenvalue weighted by molar-refractivity contribution is 6.31. The minimum atomic E-state index is 0.0130. The lowest BCUT2D eigenvalue weighted by Gasteiger charge is -2.14. The second-order valence-electron chi connectivity index (χ2n) is 3.73. The van der Waals surface area contributed by atoms with E-state index in [9.17, 15) is 4.79 Å². The van der Waals surface area contributed by atoms with Crippen molar-refractivity contribution >= 4 is 28.9 Å². The molecule has 0 atom stereocenters. The van der Waals surface area contributed by atoms with Gasteiger partial charge in [0, 0.05) is 10.9 Å². The zero-order valence-electron chi connectivity index (χ0n) is 9.59. The first-order valence-corrected chi connectivity index (χ1v) is 5.82. The van der Waals surface area contributed by atoms with Crippen LogP contribution in [-0.4, -0.2) is 5.91 Å². The fraction of sp³-hybridized carbons (Fsp3) is 0.417. The minimum absolute atomic E-state index is 0.0130. The van der Waals surface area contributed by atoms with E-state index >= 15 is 0 Å². The van der Waals surface area contributed by atoms with E-state index in [4.69, 9.17) is 17.3 Å². The molecule has 0 unspecified atom stereocenters. The van der Waals surface area contributed by atoms with Crippen LogP contribution < -0.4 is 11.1 Å². The molecule has 3 nitrogen and oxygen atoms in total. The fourth-order valence-electron chi connectivity index (χ4n) is 1.54. The molecule has 0 aromatic heterocycles. The van der Waals surface area contributed by atoms with Crippen LogP contribution in [0.1, 0.15) is 26.7 Å². The molecule has 0 aliphatic heterocycles. The second-order valence-corrected chi connectivity index (χ2v) is 4.17. The molecule has 0 fully saturated rings. The Morgan fingerprint density at radius 2 is 2.06 bits per heavy atom. The number of rotatable bonds is 4. The van der Waals surface area contributed by atoms with Gasteiger partial charge in [0.25, 0.3) is 0 Å². The minimum Gasteiger partial charge on any atom is -0.397 e. The molecule has 16 heavy (non-hydrogen) atoms. The lowest BCUT2D eigenvalue weighted by molar-refractivity contribution is -0.120. The molecule has 0 radical (unpaired) electrons. The summed E-state index contributed by atoms with van der Waals surface area (Å²) in [5, 5.41) is 3.38. The highest BCUT2D eigenvalue weighted by atomic mass is 35.5. The Hall–Kier alpha value is -1.22. The maximum Gasteiger partial charge on any atom is 0.227 e. The molecule has 0 aliphatic rings. The Labute approximate surface area is 101 Å². The predicted molar refractivity (Wildman–Crippen MR) is 68.6 cm³/mol. The molecule has 3 N–H and O–H groups in total. The van der Waals surface area contributed by atoms with Gasteiger partial charge in [-0.25, -0.2) is 0 Å². The normalized spacial score (nSPS) is 10.5. The van der Waals surface area contributed by atoms with E-state index < -0.39 is 0 Å². The number of amides is 1. The number of halogens is 1. The standard InChI is InChI=1S/C12H17ClN2O/c1-3-8(4-2)12(16)15-11-6-5-9(13)7-10(11)14/h5-8H,3-4,14H2,1-2H3,(H,15,16). The predicted octanol–water partition coefficient (Wildman–Crippen LogP) is 3.30. The van der Waals surface area contributed by atoms with Gasteiger partial charge in [-0.1, -0.05) is 25.4 Å². The van der Waals surface area contributed by atoms with Crippen LogP contribution in [0.25, 0.3) is 0 Å². The van der Waals surface area contributed by atoms with Crippen molar-refractivity contribution in [2.75, 3.05) is 11.1 Å². The fourth-order valence-corrected chi connectivity index (χ4v) is 1.72. The van der Waals surface area contributed by atoms with Gasteiger partial charge in [0.2, 0.25) is 5.91 Å². The van der Waals surface area contributed by atoms with Gasteiger partial charge < -0.3 is 11.1 Å². The first-order chi connectivity index (χ1) is 7.58. The Kier molecular flexibility index (Phi) is 4.62. The largest absolute Gasteiger partial charge is 0.397 e. The molecule has 88 valence electrons. The summed E-state index contributed by atoms with van der Waals surface area (Å²) in [5.41, 5.74) is 6.87. The average molecular weight is 241 g/mol. The van der Waals surface area contributed by atoms with Crippen LogP contribution in [0, 0.1) is 5.92 Å². The third-order valence-corrected chi connectivity index (χ3v) is 2.86. The van der Waals surface area contributed by atoms with Gasteiger partial charge in [0.15, 0.2) is 0 Å². The number of anilines is 2. The molecule has 0 spiro atoms. The molecule has 0 saturated carbocycles. The number of hydrogen-bond acceptors (Lipinski definition) is 2. The van der Waals surface area contributed by atoms with Gasteiger partial charge in [-0.05, 0) is 31.0 Å². The molecule has 0 bridgehead atoms. The van der Waals surface area contributed by atoms with E-state index in [1.54, 1.807) is 18.2 Å². The zero-order chi connectivity index (χ0) is 12.1. The summed E-state index contributed by atoms with van der Waals surface area (Å²) in [6.07, 6.45) is 1.66. The maximum absolute atomic E-state index is 11.8. The molecule has 1 rings (SSSR count). The van der Waals surface area contributed by atoms with Crippen molar-refractivity contribution in [1.82, 2.24) is 0 Å². The summed E-state index contributed by atoms with van der Waals surface area (Å²) < 4.78 is 0. The Balaban J connectivity index is 2.76. The van der Waals surface area contributed by atoms with Crippen molar-refractivity contribution in [1.29, 1.82) is 0 Å². The summed E-state index contributed by atoms with van der Waals surface area (Å²) in [6, 6.07) is 5.06. The Morgan fingerprint density at radius 1 is 1.44 bits per heavy atom. The molecule has 0 aliphatic carbocycles. The van der Waals surface area contributed by atoms with E-state index in [1.807, 2.05) is 13.8 Å². The van der Waals surface area contributed by atoms with Gasteiger partial charge in [0.05, 0.1) is 11.4 Å². The van der Waals surface area contributed by atoms with Crippen LogP contribution in [0.4, 0.5) is 11.4 Å². The third-order valence-electron chi connectivity index (χ3n) is 2.63. The van der Waals surface area contributed by atoms with Crippen molar-refractivity contribution < 1.29 is 4.79 Å². The number of benzene rings is 1. The van der Waals surface area contributed by atoms with Crippen LogP contribution >= 0.6 is 11.6 Å². The molecule has 0 heterocycles. The van der Waals surface area contributed by atoms with Gasteiger partial charge in [-0.3, -0.25) is 4.79 Å². The van der Waals surface area contributed by atoms with Crippen molar-refractivity contribution in [2.45, 2.75) is 26.7 Å². The molecule has 1 amide bonds. The number of carbonyl (C=O) groups excluding carboxylic acids is 1. The number of hydrogen-bond donors (Lipinski definition) is 2. The number of nitrogens with one attached hydrogen (secondary N) is 1. The quantitative estimate of drug-likeness (QED) is 0.794. The molecule has 1 aromatic rings. The summed E-state index contributed by atoms with van der Waals surface area (Å²) >= 11 is 5.78.